The predicted octanol–water partition coefficient (Wildman–Crippen LogP) is 3.54. The van der Waals surface area contributed by atoms with Crippen LogP contribution in [0.3, 0.4) is 0 Å². The van der Waals surface area contributed by atoms with Crippen LogP contribution in [0.1, 0.15) is 49.1 Å². The van der Waals surface area contributed by atoms with Crippen molar-refractivity contribution in [2.24, 2.45) is 5.92 Å². The van der Waals surface area contributed by atoms with Gasteiger partial charge in [0.15, 0.2) is 0 Å². The molecule has 2 atom stereocenters. The number of halogens is 3. The zero-order valence-corrected chi connectivity index (χ0v) is 19.7. The summed E-state index contributed by atoms with van der Waals surface area (Å²) in [4.78, 5) is 0. The van der Waals surface area contributed by atoms with Gasteiger partial charge in [-0.25, -0.2) is 0 Å². The highest BCUT2D eigenvalue weighted by Gasteiger charge is 2.48. The molecule has 0 N–H and O–H groups in total. The van der Waals surface area contributed by atoms with Crippen LogP contribution in [0, 0.1) is 5.92 Å². The number of rotatable bonds is 4. The fourth-order valence-electron chi connectivity index (χ4n) is 5.43. The molecule has 2 bridgehead atoms. The van der Waals surface area contributed by atoms with Crippen LogP contribution in [-0.2, 0) is 0 Å². The number of nitrogens with zero attached hydrogens (tertiary/aromatic N) is 1. The van der Waals surface area contributed by atoms with Gasteiger partial charge in [0.1, 0.15) is 0 Å². The molecule has 2 aliphatic rings. The molecule has 2 saturated heterocycles. The largest absolute Gasteiger partial charge is 1.00 e. The van der Waals surface area contributed by atoms with Crippen LogP contribution in [-0.4, -0.2) is 30.7 Å². The summed E-state index contributed by atoms with van der Waals surface area (Å²) < 4.78 is 1.23. The van der Waals surface area contributed by atoms with E-state index in [0.29, 0.717) is 5.92 Å². The molecule has 0 aliphatic carbocycles. The molecule has 2 aliphatic heterocycles. The number of hydrogen-bond donors (Lipinski definition) is 0. The van der Waals surface area contributed by atoms with E-state index in [9.17, 15) is 0 Å². The Morgan fingerprint density at radius 1 is 0.889 bits per heavy atom. The molecule has 2 aromatic rings. The first kappa shape index (κ1) is 21.4. The molecule has 4 rings (SSSR count). The number of fused-ring (bicyclic) bond motifs is 2. The second-order valence-corrected chi connectivity index (χ2v) is 9.62. The van der Waals surface area contributed by atoms with Gasteiger partial charge in [0.25, 0.3) is 0 Å². The molecule has 2 fully saturated rings. The Morgan fingerprint density at radius 2 is 1.37 bits per heavy atom. The lowest BCUT2D eigenvalue weighted by atomic mass is 9.78. The average Bonchev–Trinajstić information content (AvgIpc) is 2.77. The minimum absolute atomic E-state index is 0. The van der Waals surface area contributed by atoms with Crippen molar-refractivity contribution < 1.29 is 28.5 Å². The second-order valence-electron chi connectivity index (χ2n) is 8.75. The zero-order chi connectivity index (χ0) is 18.3. The topological polar surface area (TPSA) is 0 Å². The smallest absolute Gasteiger partial charge is 0.0893 e. The van der Waals surface area contributed by atoms with Crippen molar-refractivity contribution in [1.82, 2.24) is 0 Å². The van der Waals surface area contributed by atoms with E-state index in [1.165, 1.54) is 47.7 Å². The summed E-state index contributed by atoms with van der Waals surface area (Å²) in [5, 5.41) is 1.63. The fourth-order valence-corrected chi connectivity index (χ4v) is 5.83. The van der Waals surface area contributed by atoms with E-state index < -0.39 is 0 Å². The van der Waals surface area contributed by atoms with Gasteiger partial charge < -0.3 is 28.5 Å². The Labute approximate surface area is 190 Å². The van der Waals surface area contributed by atoms with E-state index in [0.717, 1.165) is 28.0 Å². The van der Waals surface area contributed by atoms with Crippen molar-refractivity contribution in [2.75, 3.05) is 14.1 Å². The van der Waals surface area contributed by atoms with Crippen LogP contribution in [0.5, 0.6) is 0 Å². The lowest BCUT2D eigenvalue weighted by molar-refractivity contribution is -0.931. The Kier molecular flexibility index (Phi) is 6.83. The van der Waals surface area contributed by atoms with Crippen LogP contribution in [0.15, 0.2) is 48.5 Å². The van der Waals surface area contributed by atoms with Gasteiger partial charge in [-0.05, 0) is 47.7 Å². The van der Waals surface area contributed by atoms with Gasteiger partial charge in [0.05, 0.1) is 26.2 Å². The molecule has 1 nitrogen and oxygen atoms in total. The number of hydrogen-bond acceptors (Lipinski definition) is 0. The molecule has 0 amide bonds. The monoisotopic (exact) mass is 515 g/mol. The quantitative estimate of drug-likeness (QED) is 0.431. The third kappa shape index (κ3) is 4.49. The molecule has 2 aromatic carbocycles. The number of benzene rings is 2. The summed E-state index contributed by atoms with van der Waals surface area (Å²) in [6, 6.07) is 18.4. The molecule has 0 spiro atoms. The maximum Gasteiger partial charge on any atom is 0.0893 e. The summed E-state index contributed by atoms with van der Waals surface area (Å²) in [5.74, 6) is 1.15. The van der Waals surface area contributed by atoms with Gasteiger partial charge in [0, 0.05) is 41.6 Å². The van der Waals surface area contributed by atoms with Crippen LogP contribution in [0.25, 0.3) is 0 Å². The van der Waals surface area contributed by atoms with Gasteiger partial charge in [-0.1, -0.05) is 47.5 Å². The summed E-state index contributed by atoms with van der Waals surface area (Å²) in [5.41, 5.74) is 2.62. The van der Waals surface area contributed by atoms with Gasteiger partial charge >= 0.3 is 0 Å². The predicted molar refractivity (Wildman–Crippen MR) is 111 cm³/mol. The lowest BCUT2D eigenvalue weighted by Gasteiger charge is -2.45. The number of quaternary nitrogens is 1. The van der Waals surface area contributed by atoms with Crippen molar-refractivity contribution in [2.45, 2.75) is 50.1 Å². The van der Waals surface area contributed by atoms with Crippen molar-refractivity contribution in [3.63, 3.8) is 0 Å². The van der Waals surface area contributed by atoms with Crippen molar-refractivity contribution in [3.05, 3.63) is 69.7 Å². The normalized spacial score (nSPS) is 26.0. The summed E-state index contributed by atoms with van der Waals surface area (Å²) >= 11 is 12.6. The van der Waals surface area contributed by atoms with E-state index >= 15 is 0 Å². The lowest BCUT2D eigenvalue weighted by Crippen LogP contribution is -3.00. The Balaban J connectivity index is 0.00000210. The first-order chi connectivity index (χ1) is 12.4. The highest BCUT2D eigenvalue weighted by molar-refractivity contribution is 6.31. The minimum Gasteiger partial charge on any atom is -1.00 e. The van der Waals surface area contributed by atoms with E-state index in [-0.39, 0.29) is 24.0 Å². The van der Waals surface area contributed by atoms with Crippen LogP contribution < -0.4 is 24.0 Å². The molecule has 0 aromatic heterocycles. The van der Waals surface area contributed by atoms with Crippen molar-refractivity contribution in [1.29, 1.82) is 0 Å². The third-order valence-corrected chi connectivity index (χ3v) is 7.47. The molecule has 27 heavy (non-hydrogen) atoms. The molecule has 4 heteroatoms. The Bertz CT molecular complexity index is 730. The Hall–Kier alpha value is -0.290. The maximum atomic E-state index is 6.32. The zero-order valence-electron chi connectivity index (χ0n) is 16.0. The van der Waals surface area contributed by atoms with Crippen molar-refractivity contribution in [3.8, 4) is 0 Å². The van der Waals surface area contributed by atoms with Crippen LogP contribution >= 0.6 is 23.2 Å². The molecule has 146 valence electrons. The van der Waals surface area contributed by atoms with Crippen LogP contribution in [0.4, 0.5) is 0 Å². The SMILES string of the molecule is C[N+]1(C)[C@H]2CC[C@H]1CC(CC(c1cccc(Cl)c1)c1cccc(Cl)c1)C2.[I-]. The summed E-state index contributed by atoms with van der Waals surface area (Å²) in [7, 11) is 4.87. The van der Waals surface area contributed by atoms with E-state index in [4.69, 9.17) is 23.2 Å². The minimum atomic E-state index is 0. The van der Waals surface area contributed by atoms with Crippen molar-refractivity contribution >= 4 is 23.2 Å². The summed E-state index contributed by atoms with van der Waals surface area (Å²) in [6.45, 7) is 0. The van der Waals surface area contributed by atoms with Crippen LogP contribution in [0.2, 0.25) is 10.0 Å². The first-order valence-corrected chi connectivity index (χ1v) is 10.5. The standard InChI is InChI=1S/C23H28Cl2N.HI/c1-26(2)21-9-10-22(26)12-16(11-21)13-23(17-5-3-7-19(24)14-17)18-6-4-8-20(25)15-18;/h3-8,14-16,21-23H,9-13H2,1-2H3;1H/q+1;/p-1/t21-,22-;/m0./s1. The van der Waals surface area contributed by atoms with Gasteiger partial charge in [0.2, 0.25) is 0 Å². The van der Waals surface area contributed by atoms with E-state index in [2.05, 4.69) is 50.5 Å². The molecular formula is C23H28Cl2IN. The fraction of sp³-hybridized carbons (Fsp3) is 0.478. The van der Waals surface area contributed by atoms with E-state index in [1.54, 1.807) is 0 Å². The highest BCUT2D eigenvalue weighted by Crippen LogP contribution is 2.46. The molecular weight excluding hydrogens is 488 g/mol. The number of piperidine rings is 1. The van der Waals surface area contributed by atoms with Gasteiger partial charge in [-0.3, -0.25) is 0 Å². The van der Waals surface area contributed by atoms with Gasteiger partial charge in [-0.2, -0.15) is 0 Å². The average molecular weight is 516 g/mol. The molecule has 0 radical (unpaired) electrons. The molecule has 0 saturated carbocycles. The highest BCUT2D eigenvalue weighted by atomic mass is 127. The van der Waals surface area contributed by atoms with E-state index in [1.807, 2.05) is 12.1 Å². The molecule has 0 unspecified atom stereocenters. The first-order valence-electron chi connectivity index (χ1n) is 9.77. The maximum absolute atomic E-state index is 6.32. The molecule has 2 heterocycles. The second kappa shape index (κ2) is 8.61. The van der Waals surface area contributed by atoms with Gasteiger partial charge in [-0.15, -0.1) is 0 Å². The summed E-state index contributed by atoms with van der Waals surface area (Å²) in [6.07, 6.45) is 6.68. The third-order valence-electron chi connectivity index (χ3n) is 7.00. The Morgan fingerprint density at radius 3 is 1.81 bits per heavy atom.